The van der Waals surface area contributed by atoms with E-state index in [-0.39, 0.29) is 24.1 Å². The molecule has 0 radical (unpaired) electrons. The van der Waals surface area contributed by atoms with Crippen molar-refractivity contribution in [3.63, 3.8) is 0 Å². The maximum absolute atomic E-state index is 12.0. The molecular formula is C14H12Cl2N2O3S2. The van der Waals surface area contributed by atoms with E-state index in [1.807, 2.05) is 0 Å². The Kier molecular flexibility index (Phi) is 6.71. The molecule has 0 spiro atoms. The number of hydrogen-bond acceptors (Lipinski definition) is 6. The number of esters is 1. The second-order valence-electron chi connectivity index (χ2n) is 4.28. The molecule has 0 saturated carbocycles. The Balaban J connectivity index is 1.89. The molecular weight excluding hydrogens is 379 g/mol. The summed E-state index contributed by atoms with van der Waals surface area (Å²) in [6.07, 6.45) is 0.0762. The molecule has 0 fully saturated rings. The number of ether oxygens (including phenoxy) is 1. The average molecular weight is 391 g/mol. The zero-order chi connectivity index (χ0) is 16.8. The van der Waals surface area contributed by atoms with Crippen LogP contribution in [0.4, 0.5) is 5.13 Å². The van der Waals surface area contributed by atoms with Crippen LogP contribution >= 0.6 is 46.3 Å². The van der Waals surface area contributed by atoms with E-state index in [2.05, 4.69) is 15.0 Å². The van der Waals surface area contributed by atoms with Gasteiger partial charge in [-0.25, -0.2) is 4.98 Å². The number of benzene rings is 1. The summed E-state index contributed by atoms with van der Waals surface area (Å²) in [6, 6.07) is 5.17. The molecule has 1 amide bonds. The Morgan fingerprint density at radius 1 is 1.35 bits per heavy atom. The summed E-state index contributed by atoms with van der Waals surface area (Å²) in [7, 11) is 1.31. The van der Waals surface area contributed by atoms with Crippen molar-refractivity contribution in [1.29, 1.82) is 0 Å². The van der Waals surface area contributed by atoms with E-state index in [0.29, 0.717) is 25.8 Å². The van der Waals surface area contributed by atoms with Gasteiger partial charge in [-0.15, -0.1) is 23.1 Å². The number of rotatable bonds is 6. The van der Waals surface area contributed by atoms with Crippen molar-refractivity contribution in [3.05, 3.63) is 39.3 Å². The van der Waals surface area contributed by atoms with E-state index in [4.69, 9.17) is 23.2 Å². The highest BCUT2D eigenvalue weighted by molar-refractivity contribution is 8.00. The smallest absolute Gasteiger partial charge is 0.311 e. The number of thioether (sulfide) groups is 1. The number of anilines is 1. The minimum absolute atomic E-state index is 0.0762. The summed E-state index contributed by atoms with van der Waals surface area (Å²) >= 11 is 14.6. The number of aromatic nitrogens is 1. The zero-order valence-electron chi connectivity index (χ0n) is 12.0. The fraction of sp³-hybridized carbons (Fsp3) is 0.214. The second kappa shape index (κ2) is 8.54. The first kappa shape index (κ1) is 18.1. The van der Waals surface area contributed by atoms with Gasteiger partial charge in [0.25, 0.3) is 0 Å². The molecule has 23 heavy (non-hydrogen) atoms. The van der Waals surface area contributed by atoms with Crippen molar-refractivity contribution in [3.8, 4) is 0 Å². The van der Waals surface area contributed by atoms with Gasteiger partial charge in [-0.2, -0.15) is 0 Å². The van der Waals surface area contributed by atoms with E-state index in [0.717, 1.165) is 0 Å². The largest absolute Gasteiger partial charge is 0.469 e. The van der Waals surface area contributed by atoms with Crippen LogP contribution in [-0.2, 0) is 20.7 Å². The van der Waals surface area contributed by atoms with Gasteiger partial charge in [0, 0.05) is 10.3 Å². The molecule has 0 bridgehead atoms. The van der Waals surface area contributed by atoms with Gasteiger partial charge in [-0.05, 0) is 12.1 Å². The molecule has 0 aliphatic heterocycles. The second-order valence-corrected chi connectivity index (χ2v) is 6.94. The maximum Gasteiger partial charge on any atom is 0.311 e. The highest BCUT2D eigenvalue weighted by Gasteiger charge is 2.12. The summed E-state index contributed by atoms with van der Waals surface area (Å²) in [5.41, 5.74) is 0.555. The van der Waals surface area contributed by atoms with Crippen LogP contribution in [0.1, 0.15) is 5.69 Å². The summed E-state index contributed by atoms with van der Waals surface area (Å²) < 4.78 is 4.56. The Morgan fingerprint density at radius 2 is 2.04 bits per heavy atom. The number of thiazole rings is 1. The van der Waals surface area contributed by atoms with E-state index in [9.17, 15) is 9.59 Å². The van der Waals surface area contributed by atoms with Crippen LogP contribution in [-0.4, -0.2) is 29.7 Å². The normalized spacial score (nSPS) is 10.4. The van der Waals surface area contributed by atoms with Gasteiger partial charge in [0.2, 0.25) is 5.91 Å². The number of methoxy groups -OCH3 is 1. The number of carbonyl (C=O) groups is 2. The molecule has 5 nitrogen and oxygen atoms in total. The minimum atomic E-state index is -0.378. The minimum Gasteiger partial charge on any atom is -0.469 e. The Labute approximate surface area is 151 Å². The lowest BCUT2D eigenvalue weighted by atomic mass is 10.3. The van der Waals surface area contributed by atoms with E-state index < -0.39 is 0 Å². The van der Waals surface area contributed by atoms with Crippen LogP contribution in [0, 0.1) is 0 Å². The van der Waals surface area contributed by atoms with Crippen molar-refractivity contribution in [2.24, 2.45) is 0 Å². The Hall–Kier alpha value is -1.28. The fourth-order valence-electron chi connectivity index (χ4n) is 1.58. The maximum atomic E-state index is 12.0. The third-order valence-electron chi connectivity index (χ3n) is 2.62. The molecule has 0 aliphatic rings. The molecule has 2 rings (SSSR count). The van der Waals surface area contributed by atoms with Gasteiger partial charge in [0.05, 0.1) is 35.0 Å². The number of nitrogens with one attached hydrogen (secondary N) is 1. The number of hydrogen-bond donors (Lipinski definition) is 1. The Bertz CT molecular complexity index is 702. The van der Waals surface area contributed by atoms with Crippen molar-refractivity contribution in [1.82, 2.24) is 4.98 Å². The first-order valence-corrected chi connectivity index (χ1v) is 8.99. The average Bonchev–Trinajstić information content (AvgIpc) is 2.93. The van der Waals surface area contributed by atoms with Crippen LogP contribution < -0.4 is 5.32 Å². The molecule has 0 unspecified atom stereocenters. The van der Waals surface area contributed by atoms with Gasteiger partial charge in [0.15, 0.2) is 5.13 Å². The number of amides is 1. The molecule has 1 heterocycles. The van der Waals surface area contributed by atoms with Gasteiger partial charge < -0.3 is 10.1 Å². The van der Waals surface area contributed by atoms with Crippen LogP contribution in [0.15, 0.2) is 28.5 Å². The van der Waals surface area contributed by atoms with Crippen molar-refractivity contribution < 1.29 is 14.3 Å². The lowest BCUT2D eigenvalue weighted by molar-refractivity contribution is -0.139. The molecule has 0 aliphatic carbocycles. The molecule has 0 atom stereocenters. The topological polar surface area (TPSA) is 68.3 Å². The van der Waals surface area contributed by atoms with Crippen LogP contribution in [0.3, 0.4) is 0 Å². The summed E-state index contributed by atoms with van der Waals surface area (Å²) in [6.45, 7) is 0. The van der Waals surface area contributed by atoms with Crippen molar-refractivity contribution in [2.75, 3.05) is 18.2 Å². The molecule has 1 aromatic carbocycles. The third-order valence-corrected chi connectivity index (χ3v) is 5.41. The molecule has 122 valence electrons. The van der Waals surface area contributed by atoms with Gasteiger partial charge in [0.1, 0.15) is 0 Å². The SMILES string of the molecule is COC(=O)Cc1csc(NC(=O)CSc2c(Cl)cccc2Cl)n1. The van der Waals surface area contributed by atoms with Crippen molar-refractivity contribution >= 4 is 63.3 Å². The van der Waals surface area contributed by atoms with Crippen molar-refractivity contribution in [2.45, 2.75) is 11.3 Å². The third kappa shape index (κ3) is 5.39. The van der Waals surface area contributed by atoms with Crippen LogP contribution in [0.5, 0.6) is 0 Å². The molecule has 1 aromatic heterocycles. The lowest BCUT2D eigenvalue weighted by Gasteiger charge is -2.06. The highest BCUT2D eigenvalue weighted by atomic mass is 35.5. The van der Waals surface area contributed by atoms with Gasteiger partial charge in [-0.3, -0.25) is 9.59 Å². The monoisotopic (exact) mass is 390 g/mol. The van der Waals surface area contributed by atoms with Gasteiger partial charge in [-0.1, -0.05) is 29.3 Å². The number of nitrogens with zero attached hydrogens (tertiary/aromatic N) is 1. The first-order chi connectivity index (χ1) is 11.0. The fourth-order valence-corrected chi connectivity index (χ4v) is 3.79. The summed E-state index contributed by atoms with van der Waals surface area (Å²) in [5, 5.41) is 5.81. The Morgan fingerprint density at radius 3 is 2.70 bits per heavy atom. The first-order valence-electron chi connectivity index (χ1n) is 6.37. The predicted octanol–water partition coefficient (Wildman–Crippen LogP) is 3.90. The molecule has 0 saturated heterocycles. The zero-order valence-corrected chi connectivity index (χ0v) is 15.1. The molecule has 1 N–H and O–H groups in total. The van der Waals surface area contributed by atoms with Crippen LogP contribution in [0.2, 0.25) is 10.0 Å². The van der Waals surface area contributed by atoms with Gasteiger partial charge >= 0.3 is 5.97 Å². The van der Waals surface area contributed by atoms with E-state index in [1.54, 1.807) is 23.6 Å². The van der Waals surface area contributed by atoms with Crippen LogP contribution in [0.25, 0.3) is 0 Å². The number of carbonyl (C=O) groups excluding carboxylic acids is 2. The van der Waals surface area contributed by atoms with E-state index >= 15 is 0 Å². The molecule has 9 heteroatoms. The standard InChI is InChI=1S/C14H12Cl2N2O3S2/c1-21-12(20)5-8-6-23-14(17-8)18-11(19)7-22-13-9(15)3-2-4-10(13)16/h2-4,6H,5,7H2,1H3,(H,17,18,19). The predicted molar refractivity (Wildman–Crippen MR) is 93.6 cm³/mol. The number of halogens is 2. The quantitative estimate of drug-likeness (QED) is 0.598. The van der Waals surface area contributed by atoms with E-state index in [1.165, 1.54) is 30.2 Å². The lowest BCUT2D eigenvalue weighted by Crippen LogP contribution is -2.14. The highest BCUT2D eigenvalue weighted by Crippen LogP contribution is 2.33. The molecule has 2 aromatic rings. The summed E-state index contributed by atoms with van der Waals surface area (Å²) in [5.74, 6) is -0.461. The summed E-state index contributed by atoms with van der Waals surface area (Å²) in [4.78, 5) is 27.9.